The van der Waals surface area contributed by atoms with Crippen LogP contribution < -0.4 is 10.6 Å². The summed E-state index contributed by atoms with van der Waals surface area (Å²) in [6.45, 7) is 8.47. The van der Waals surface area contributed by atoms with Crippen molar-refractivity contribution in [3.63, 3.8) is 0 Å². The molecule has 2 N–H and O–H groups in total. The summed E-state index contributed by atoms with van der Waals surface area (Å²) in [6.07, 6.45) is 4.42. The van der Waals surface area contributed by atoms with Crippen LogP contribution in [0.15, 0.2) is 4.99 Å². The maximum absolute atomic E-state index is 12.4. The quantitative estimate of drug-likeness (QED) is 0.789. The van der Waals surface area contributed by atoms with Crippen LogP contribution in [-0.4, -0.2) is 23.4 Å². The summed E-state index contributed by atoms with van der Waals surface area (Å²) >= 11 is 0. The van der Waals surface area contributed by atoms with Crippen molar-refractivity contribution in [1.82, 2.24) is 10.6 Å². The van der Waals surface area contributed by atoms with Crippen molar-refractivity contribution in [3.8, 4) is 0 Å². The van der Waals surface area contributed by atoms with Crippen LogP contribution in [0.5, 0.6) is 0 Å². The Hall–Kier alpha value is -1.06. The second kappa shape index (κ2) is 4.90. The molecule has 4 heteroatoms. The molecule has 0 radical (unpaired) electrons. The molecule has 2 unspecified atom stereocenters. The summed E-state index contributed by atoms with van der Waals surface area (Å²) in [5.74, 6) is 1.72. The van der Waals surface area contributed by atoms with Crippen molar-refractivity contribution in [1.29, 1.82) is 0 Å². The van der Waals surface area contributed by atoms with E-state index in [2.05, 4.69) is 29.5 Å². The average Bonchev–Trinajstić information content (AvgIpc) is 2.55. The first-order valence-corrected chi connectivity index (χ1v) is 7.13. The zero-order valence-corrected chi connectivity index (χ0v) is 11.9. The van der Waals surface area contributed by atoms with Crippen LogP contribution in [0.25, 0.3) is 0 Å². The first kappa shape index (κ1) is 13.4. The van der Waals surface area contributed by atoms with Crippen molar-refractivity contribution in [3.05, 3.63) is 0 Å². The van der Waals surface area contributed by atoms with Gasteiger partial charge in [-0.25, -0.2) is 0 Å². The average molecular weight is 251 g/mol. The van der Waals surface area contributed by atoms with E-state index in [1.165, 1.54) is 6.42 Å². The molecule has 1 saturated heterocycles. The molecule has 1 heterocycles. The lowest BCUT2D eigenvalue weighted by atomic mass is 9.68. The molecule has 2 aliphatic rings. The number of carbonyl (C=O) groups excluding carboxylic acids is 1. The lowest BCUT2D eigenvalue weighted by Gasteiger charge is -2.41. The minimum absolute atomic E-state index is 0.125. The Morgan fingerprint density at radius 1 is 1.28 bits per heavy atom. The fraction of sp³-hybridized carbons (Fsp3) is 0.857. The molecule has 2 fully saturated rings. The number of aliphatic imine (C=N–C) groups is 1. The summed E-state index contributed by atoms with van der Waals surface area (Å²) in [7, 11) is 0. The molecule has 1 saturated carbocycles. The summed E-state index contributed by atoms with van der Waals surface area (Å²) in [5, 5.41) is 6.34. The number of guanidine groups is 1. The van der Waals surface area contributed by atoms with Crippen LogP contribution in [0.4, 0.5) is 0 Å². The van der Waals surface area contributed by atoms with Gasteiger partial charge in [0.2, 0.25) is 0 Å². The largest absolute Gasteiger partial charge is 0.341 e. The Kier molecular flexibility index (Phi) is 3.64. The van der Waals surface area contributed by atoms with Gasteiger partial charge in [0.1, 0.15) is 5.54 Å². The van der Waals surface area contributed by atoms with E-state index >= 15 is 0 Å². The predicted octanol–water partition coefficient (Wildman–Crippen LogP) is 2.06. The van der Waals surface area contributed by atoms with Gasteiger partial charge in [-0.2, -0.15) is 0 Å². The van der Waals surface area contributed by atoms with Crippen LogP contribution in [0.1, 0.15) is 53.4 Å². The van der Waals surface area contributed by atoms with Gasteiger partial charge in [0.15, 0.2) is 5.96 Å². The number of nitrogens with zero attached hydrogens (tertiary/aromatic N) is 1. The number of hydrogen-bond donors (Lipinski definition) is 2. The van der Waals surface area contributed by atoms with E-state index in [1.807, 2.05) is 13.8 Å². The van der Waals surface area contributed by atoms with Gasteiger partial charge >= 0.3 is 0 Å². The molecule has 1 aliphatic carbocycles. The molecule has 0 aromatic rings. The van der Waals surface area contributed by atoms with E-state index < -0.39 is 5.54 Å². The highest BCUT2D eigenvalue weighted by Gasteiger charge is 2.52. The topological polar surface area (TPSA) is 53.5 Å². The molecule has 0 bridgehead atoms. The Morgan fingerprint density at radius 2 is 2.00 bits per heavy atom. The first-order chi connectivity index (χ1) is 8.45. The van der Waals surface area contributed by atoms with E-state index in [1.54, 1.807) is 0 Å². The van der Waals surface area contributed by atoms with E-state index in [0.717, 1.165) is 19.3 Å². The van der Waals surface area contributed by atoms with E-state index in [0.29, 0.717) is 17.8 Å². The van der Waals surface area contributed by atoms with Crippen molar-refractivity contribution < 1.29 is 4.79 Å². The zero-order valence-electron chi connectivity index (χ0n) is 11.9. The van der Waals surface area contributed by atoms with Gasteiger partial charge in [0.05, 0.1) is 0 Å². The molecule has 1 aliphatic heterocycles. The van der Waals surface area contributed by atoms with Gasteiger partial charge in [0.25, 0.3) is 5.91 Å². The van der Waals surface area contributed by atoms with Crippen molar-refractivity contribution in [2.75, 3.05) is 0 Å². The minimum Gasteiger partial charge on any atom is -0.341 e. The van der Waals surface area contributed by atoms with Crippen molar-refractivity contribution in [2.24, 2.45) is 16.8 Å². The van der Waals surface area contributed by atoms with E-state index in [9.17, 15) is 4.79 Å². The Labute approximate surface area is 110 Å². The van der Waals surface area contributed by atoms with Crippen LogP contribution in [0, 0.1) is 11.8 Å². The molecule has 102 valence electrons. The van der Waals surface area contributed by atoms with Gasteiger partial charge < -0.3 is 5.32 Å². The summed E-state index contributed by atoms with van der Waals surface area (Å²) in [6, 6.07) is 0.198. The van der Waals surface area contributed by atoms with Crippen molar-refractivity contribution >= 4 is 11.9 Å². The number of hydrogen-bond acceptors (Lipinski definition) is 2. The Bertz CT molecular complexity index is 362. The Morgan fingerprint density at radius 3 is 2.61 bits per heavy atom. The Balaban J connectivity index is 2.26. The molecule has 2 rings (SSSR count). The predicted molar refractivity (Wildman–Crippen MR) is 73.4 cm³/mol. The second-order valence-electron chi connectivity index (χ2n) is 6.22. The molecule has 0 aromatic carbocycles. The lowest BCUT2D eigenvalue weighted by Crippen LogP contribution is -2.56. The highest BCUT2D eigenvalue weighted by atomic mass is 16.2. The standard InChI is InChI=1S/C14H25N3O/c1-9(2)11-7-5-6-8-14(11)12(18)16-13(17-14)15-10(3)4/h9-11H,5-8H2,1-4H3,(H2,15,16,17,18). The summed E-state index contributed by atoms with van der Waals surface area (Å²) in [4.78, 5) is 16.8. The van der Waals surface area contributed by atoms with Gasteiger partial charge in [-0.05, 0) is 38.5 Å². The zero-order chi connectivity index (χ0) is 13.3. The molecular formula is C14H25N3O. The maximum atomic E-state index is 12.4. The number of rotatable bonds is 2. The first-order valence-electron chi connectivity index (χ1n) is 7.13. The highest BCUT2D eigenvalue weighted by Crippen LogP contribution is 2.40. The third-order valence-corrected chi connectivity index (χ3v) is 4.14. The normalized spacial score (nSPS) is 34.4. The molecule has 1 spiro atoms. The summed E-state index contributed by atoms with van der Waals surface area (Å²) in [5.41, 5.74) is -0.403. The molecule has 4 nitrogen and oxygen atoms in total. The van der Waals surface area contributed by atoms with E-state index in [4.69, 9.17) is 0 Å². The summed E-state index contributed by atoms with van der Waals surface area (Å²) < 4.78 is 0. The monoisotopic (exact) mass is 251 g/mol. The lowest BCUT2D eigenvalue weighted by molar-refractivity contribution is -0.128. The van der Waals surface area contributed by atoms with E-state index in [-0.39, 0.29) is 11.9 Å². The van der Waals surface area contributed by atoms with Crippen molar-refractivity contribution in [2.45, 2.75) is 65.0 Å². The van der Waals surface area contributed by atoms with Gasteiger partial charge in [-0.3, -0.25) is 15.1 Å². The maximum Gasteiger partial charge on any atom is 0.252 e. The fourth-order valence-corrected chi connectivity index (χ4v) is 3.38. The highest BCUT2D eigenvalue weighted by molar-refractivity contribution is 6.09. The molecular weight excluding hydrogens is 226 g/mol. The van der Waals surface area contributed by atoms with Crippen LogP contribution in [0.3, 0.4) is 0 Å². The minimum atomic E-state index is -0.403. The van der Waals surface area contributed by atoms with Crippen LogP contribution in [-0.2, 0) is 4.79 Å². The van der Waals surface area contributed by atoms with Gasteiger partial charge in [-0.15, -0.1) is 0 Å². The SMILES string of the molecule is CC(C)N=C1NC(=O)C2(CCCCC2C(C)C)N1. The number of nitrogens with one attached hydrogen (secondary N) is 2. The molecule has 18 heavy (non-hydrogen) atoms. The molecule has 0 aromatic heterocycles. The number of carbonyl (C=O) groups is 1. The fourth-order valence-electron chi connectivity index (χ4n) is 3.38. The van der Waals surface area contributed by atoms with Gasteiger partial charge in [0, 0.05) is 6.04 Å². The number of amides is 1. The molecule has 1 amide bonds. The van der Waals surface area contributed by atoms with Gasteiger partial charge in [-0.1, -0.05) is 26.7 Å². The third kappa shape index (κ3) is 2.25. The molecule has 2 atom stereocenters. The van der Waals surface area contributed by atoms with Crippen LogP contribution >= 0.6 is 0 Å². The second-order valence-corrected chi connectivity index (χ2v) is 6.22. The van der Waals surface area contributed by atoms with Crippen LogP contribution in [0.2, 0.25) is 0 Å². The smallest absolute Gasteiger partial charge is 0.252 e. The third-order valence-electron chi connectivity index (χ3n) is 4.14.